The van der Waals surface area contributed by atoms with Gasteiger partial charge in [-0.1, -0.05) is 0 Å². The Morgan fingerprint density at radius 1 is 1.12 bits per heavy atom. The van der Waals surface area contributed by atoms with E-state index >= 15 is 0 Å². The van der Waals surface area contributed by atoms with Crippen LogP contribution in [-0.2, 0) is 16.0 Å². The maximum atomic E-state index is 13.6. The molecule has 2 aromatic carbocycles. The molecule has 10 heteroatoms. The SMILES string of the molecule is CN(C)c1ccc(O)c2c(O)c3c(cc12)C[C@H]1[C@H](N(C)C)C(=O)C(C(N)=O)=C(O)[C@@]1(O)C3=O. The molecule has 0 bridgehead atoms. The van der Waals surface area contributed by atoms with Gasteiger partial charge in [0.15, 0.2) is 11.4 Å². The predicted molar refractivity (Wildman–Crippen MR) is 119 cm³/mol. The molecule has 0 aromatic heterocycles. The number of amides is 1. The monoisotopic (exact) mass is 455 g/mol. The third-order valence-electron chi connectivity index (χ3n) is 6.64. The normalized spacial score (nSPS) is 24.8. The van der Waals surface area contributed by atoms with Crippen LogP contribution in [0.5, 0.6) is 11.5 Å². The lowest BCUT2D eigenvalue weighted by atomic mass is 9.62. The van der Waals surface area contributed by atoms with Crippen molar-refractivity contribution < 1.29 is 34.8 Å². The molecule has 3 atom stereocenters. The van der Waals surface area contributed by atoms with Gasteiger partial charge in [-0.2, -0.15) is 0 Å². The molecule has 0 radical (unpaired) electrons. The van der Waals surface area contributed by atoms with E-state index in [0.29, 0.717) is 16.6 Å². The molecule has 33 heavy (non-hydrogen) atoms. The van der Waals surface area contributed by atoms with Crippen molar-refractivity contribution in [3.05, 3.63) is 40.7 Å². The van der Waals surface area contributed by atoms with E-state index in [1.54, 1.807) is 45.2 Å². The fourth-order valence-corrected chi connectivity index (χ4v) is 5.16. The van der Waals surface area contributed by atoms with Gasteiger partial charge in [0.05, 0.1) is 17.0 Å². The lowest BCUT2D eigenvalue weighted by molar-refractivity contribution is -0.132. The van der Waals surface area contributed by atoms with Crippen molar-refractivity contribution in [1.82, 2.24) is 4.90 Å². The third kappa shape index (κ3) is 2.84. The van der Waals surface area contributed by atoms with Crippen molar-refractivity contribution >= 4 is 33.9 Å². The number of ketones is 2. The van der Waals surface area contributed by atoms with Crippen LogP contribution in [0.1, 0.15) is 15.9 Å². The summed E-state index contributed by atoms with van der Waals surface area (Å²) in [6.07, 6.45) is -0.0751. The zero-order valence-corrected chi connectivity index (χ0v) is 18.6. The molecule has 2 aromatic rings. The van der Waals surface area contributed by atoms with Gasteiger partial charge in [0, 0.05) is 31.1 Å². The number of aliphatic hydroxyl groups is 2. The second-order valence-electron chi connectivity index (χ2n) is 8.95. The number of aromatic hydroxyl groups is 2. The maximum absolute atomic E-state index is 13.6. The molecule has 174 valence electrons. The first-order valence-corrected chi connectivity index (χ1v) is 10.2. The van der Waals surface area contributed by atoms with E-state index in [0.717, 1.165) is 0 Å². The minimum absolute atomic E-state index is 0.00462. The van der Waals surface area contributed by atoms with Gasteiger partial charge in [0.2, 0.25) is 5.78 Å². The van der Waals surface area contributed by atoms with Crippen LogP contribution in [0.2, 0.25) is 0 Å². The van der Waals surface area contributed by atoms with Crippen LogP contribution in [0.15, 0.2) is 29.5 Å². The standard InChI is InChI=1S/C23H25N3O7/c1-25(2)12-5-6-13(27)15-10(12)7-9-8-11-17(26(3)4)19(29)16(22(24)32)21(31)23(11,33)20(30)14(9)18(15)28/h5-7,11,17,27-28,31,33H,8H2,1-4H3,(H2,24,32)/t11-,17-,23-/m0/s1. The molecule has 0 saturated carbocycles. The summed E-state index contributed by atoms with van der Waals surface area (Å²) in [7, 11) is 6.65. The number of carbonyl (C=O) groups is 3. The first-order chi connectivity index (χ1) is 15.3. The number of primary amides is 1. The summed E-state index contributed by atoms with van der Waals surface area (Å²) in [6.45, 7) is 0. The quantitative estimate of drug-likeness (QED) is 0.407. The number of benzene rings is 2. The number of hydrogen-bond donors (Lipinski definition) is 5. The van der Waals surface area contributed by atoms with Crippen molar-refractivity contribution in [2.24, 2.45) is 11.7 Å². The summed E-state index contributed by atoms with van der Waals surface area (Å²) in [5.41, 5.74) is 2.49. The van der Waals surface area contributed by atoms with Crippen LogP contribution in [0.4, 0.5) is 5.69 Å². The molecule has 10 nitrogen and oxygen atoms in total. The zero-order valence-electron chi connectivity index (χ0n) is 18.6. The summed E-state index contributed by atoms with van der Waals surface area (Å²) in [4.78, 5) is 41.8. The Morgan fingerprint density at radius 3 is 2.30 bits per heavy atom. The van der Waals surface area contributed by atoms with E-state index in [1.807, 2.05) is 0 Å². The van der Waals surface area contributed by atoms with E-state index in [2.05, 4.69) is 0 Å². The van der Waals surface area contributed by atoms with Crippen molar-refractivity contribution in [1.29, 1.82) is 0 Å². The molecule has 6 N–H and O–H groups in total. The van der Waals surface area contributed by atoms with Crippen molar-refractivity contribution in [2.75, 3.05) is 33.1 Å². The fourth-order valence-electron chi connectivity index (χ4n) is 5.16. The van der Waals surface area contributed by atoms with E-state index in [9.17, 15) is 34.8 Å². The molecule has 4 rings (SSSR count). The Balaban J connectivity index is 2.09. The summed E-state index contributed by atoms with van der Waals surface area (Å²) < 4.78 is 0. The van der Waals surface area contributed by atoms with Gasteiger partial charge in [-0.3, -0.25) is 19.3 Å². The maximum Gasteiger partial charge on any atom is 0.255 e. The summed E-state index contributed by atoms with van der Waals surface area (Å²) >= 11 is 0. The lowest BCUT2D eigenvalue weighted by Crippen LogP contribution is -2.64. The van der Waals surface area contributed by atoms with Gasteiger partial charge in [0.1, 0.15) is 22.8 Å². The summed E-state index contributed by atoms with van der Waals surface area (Å²) in [5, 5.41) is 44.3. The number of nitrogens with zero attached hydrogens (tertiary/aromatic N) is 2. The lowest BCUT2D eigenvalue weighted by Gasteiger charge is -2.47. The van der Waals surface area contributed by atoms with E-state index in [4.69, 9.17) is 5.73 Å². The fraction of sp³-hybridized carbons (Fsp3) is 0.348. The average molecular weight is 455 g/mol. The van der Waals surface area contributed by atoms with Gasteiger partial charge in [-0.25, -0.2) is 0 Å². The number of phenols is 2. The van der Waals surface area contributed by atoms with Crippen LogP contribution in [-0.4, -0.2) is 82.6 Å². The summed E-state index contributed by atoms with van der Waals surface area (Å²) in [6, 6.07) is 3.52. The van der Waals surface area contributed by atoms with Gasteiger partial charge < -0.3 is 31.1 Å². The van der Waals surface area contributed by atoms with Crippen molar-refractivity contribution in [2.45, 2.75) is 18.1 Å². The number of Topliss-reactive ketones (excluding diaryl/α,β-unsaturated/α-hetero) is 2. The van der Waals surface area contributed by atoms with E-state index < -0.39 is 52.1 Å². The minimum atomic E-state index is -2.67. The van der Waals surface area contributed by atoms with Crippen LogP contribution >= 0.6 is 0 Å². The Morgan fingerprint density at radius 2 is 1.76 bits per heavy atom. The molecule has 0 fully saturated rings. The number of rotatable bonds is 3. The van der Waals surface area contributed by atoms with Gasteiger partial charge in [-0.15, -0.1) is 0 Å². The number of hydrogen-bond acceptors (Lipinski definition) is 9. The van der Waals surface area contributed by atoms with Crippen molar-refractivity contribution in [3.63, 3.8) is 0 Å². The molecule has 2 aliphatic rings. The largest absolute Gasteiger partial charge is 0.508 e. The molecule has 1 amide bonds. The van der Waals surface area contributed by atoms with Crippen LogP contribution in [0, 0.1) is 5.92 Å². The molecule has 0 unspecified atom stereocenters. The number of nitrogens with two attached hydrogens (primary N) is 1. The third-order valence-corrected chi connectivity index (χ3v) is 6.64. The average Bonchev–Trinajstić information content (AvgIpc) is 2.70. The van der Waals surface area contributed by atoms with Crippen LogP contribution < -0.4 is 10.6 Å². The Kier molecular flexibility index (Phi) is 4.91. The predicted octanol–water partition coefficient (Wildman–Crippen LogP) is 0.213. The molecule has 0 aliphatic heterocycles. The van der Waals surface area contributed by atoms with Gasteiger partial charge in [-0.05, 0) is 44.3 Å². The van der Waals surface area contributed by atoms with Gasteiger partial charge >= 0.3 is 0 Å². The Hall–Kier alpha value is -3.63. The smallest absolute Gasteiger partial charge is 0.255 e. The minimum Gasteiger partial charge on any atom is -0.508 e. The number of carbonyl (C=O) groups excluding carboxylic acids is 3. The van der Waals surface area contributed by atoms with E-state index in [-0.39, 0.29) is 23.1 Å². The highest BCUT2D eigenvalue weighted by Gasteiger charge is 2.62. The number of phenolic OH excluding ortho intramolecular Hbond substituents is 2. The molecule has 2 aliphatic carbocycles. The second-order valence-corrected chi connectivity index (χ2v) is 8.95. The van der Waals surface area contributed by atoms with Gasteiger partial charge in [0.25, 0.3) is 5.91 Å². The topological polar surface area (TPSA) is 165 Å². The Bertz CT molecular complexity index is 1280. The molecule has 0 saturated heterocycles. The number of likely N-dealkylation sites (N-methyl/N-ethyl adjacent to an activating group) is 1. The van der Waals surface area contributed by atoms with Crippen molar-refractivity contribution in [3.8, 4) is 11.5 Å². The highest BCUT2D eigenvalue weighted by atomic mass is 16.3. The van der Waals surface area contributed by atoms with Crippen LogP contribution in [0.25, 0.3) is 10.8 Å². The molecular formula is C23H25N3O7. The molecular weight excluding hydrogens is 430 g/mol. The number of fused-ring (bicyclic) bond motifs is 3. The highest BCUT2D eigenvalue weighted by molar-refractivity contribution is 6.25. The highest BCUT2D eigenvalue weighted by Crippen LogP contribution is 2.50. The number of aliphatic hydroxyl groups excluding tert-OH is 1. The summed E-state index contributed by atoms with van der Waals surface area (Å²) in [5.74, 6) is -6.27. The Labute approximate surface area is 189 Å². The first kappa shape index (κ1) is 22.6. The molecule has 0 spiro atoms. The first-order valence-electron chi connectivity index (χ1n) is 10.2. The van der Waals surface area contributed by atoms with E-state index in [1.165, 1.54) is 11.0 Å². The number of anilines is 1. The van der Waals surface area contributed by atoms with Crippen LogP contribution in [0.3, 0.4) is 0 Å². The zero-order chi connectivity index (χ0) is 24.6. The molecule has 0 heterocycles. The second kappa shape index (κ2) is 7.19.